The average Bonchev–Trinajstić information content (AvgIpc) is 2.62. The number of carbonyl (C=O) groups excluding carboxylic acids is 1. The van der Waals surface area contributed by atoms with Gasteiger partial charge in [-0.05, 0) is 36.4 Å². The number of anilines is 1. The largest absolute Gasteiger partial charge is 0.383 e. The maximum absolute atomic E-state index is 13.6. The summed E-state index contributed by atoms with van der Waals surface area (Å²) >= 11 is 0. The number of benzene rings is 2. The summed E-state index contributed by atoms with van der Waals surface area (Å²) < 4.78 is 70.7. The molecule has 0 fully saturated rings. The molecule has 0 spiro atoms. The van der Waals surface area contributed by atoms with E-state index in [2.05, 4.69) is 10.0 Å². The summed E-state index contributed by atoms with van der Waals surface area (Å²) in [7, 11) is -2.34. The summed E-state index contributed by atoms with van der Waals surface area (Å²) in [6.45, 7) is 0.274. The second-order valence-corrected chi connectivity index (χ2v) is 6.86. The van der Waals surface area contributed by atoms with Gasteiger partial charge in [0, 0.05) is 19.2 Å². The summed E-state index contributed by atoms with van der Waals surface area (Å²) in [6.07, 6.45) is 0. The number of amides is 1. The molecule has 0 aliphatic rings. The Balaban J connectivity index is 2.13. The Morgan fingerprint density at radius 1 is 1.04 bits per heavy atom. The van der Waals surface area contributed by atoms with Crippen LogP contribution in [0.5, 0.6) is 0 Å². The number of hydrogen-bond donors (Lipinski definition) is 2. The predicted molar refractivity (Wildman–Crippen MR) is 87.8 cm³/mol. The van der Waals surface area contributed by atoms with Gasteiger partial charge in [-0.2, -0.15) is 0 Å². The lowest BCUT2D eigenvalue weighted by Gasteiger charge is -2.09. The first-order valence-corrected chi connectivity index (χ1v) is 8.78. The number of halogens is 3. The number of hydrogen-bond acceptors (Lipinski definition) is 4. The topological polar surface area (TPSA) is 84.5 Å². The van der Waals surface area contributed by atoms with Crippen molar-refractivity contribution < 1.29 is 31.1 Å². The molecule has 0 radical (unpaired) electrons. The molecule has 2 rings (SSSR count). The van der Waals surface area contributed by atoms with Gasteiger partial charge in [-0.25, -0.2) is 26.3 Å². The van der Waals surface area contributed by atoms with Crippen molar-refractivity contribution in [3.63, 3.8) is 0 Å². The van der Waals surface area contributed by atoms with E-state index in [1.54, 1.807) is 0 Å². The smallest absolute Gasteiger partial charge is 0.255 e. The Kier molecular flexibility index (Phi) is 6.35. The Morgan fingerprint density at radius 2 is 1.69 bits per heavy atom. The van der Waals surface area contributed by atoms with Crippen molar-refractivity contribution >= 4 is 21.6 Å². The summed E-state index contributed by atoms with van der Waals surface area (Å²) in [5.74, 6) is -5.42. The summed E-state index contributed by atoms with van der Waals surface area (Å²) in [6, 6.07) is 6.34. The highest BCUT2D eigenvalue weighted by molar-refractivity contribution is 7.89. The fourth-order valence-corrected chi connectivity index (χ4v) is 2.98. The molecule has 0 saturated carbocycles. The van der Waals surface area contributed by atoms with Gasteiger partial charge in [-0.15, -0.1) is 0 Å². The molecule has 0 saturated heterocycles. The third-order valence-electron chi connectivity index (χ3n) is 3.31. The number of sulfonamides is 1. The van der Waals surface area contributed by atoms with Crippen LogP contribution in [0.15, 0.2) is 41.3 Å². The van der Waals surface area contributed by atoms with Crippen molar-refractivity contribution in [3.05, 3.63) is 59.4 Å². The summed E-state index contributed by atoms with van der Waals surface area (Å²) in [5, 5.41) is 2.09. The lowest BCUT2D eigenvalue weighted by molar-refractivity contribution is 0.102. The van der Waals surface area contributed by atoms with E-state index in [4.69, 9.17) is 4.74 Å². The van der Waals surface area contributed by atoms with Crippen LogP contribution in [-0.4, -0.2) is 34.6 Å². The van der Waals surface area contributed by atoms with Gasteiger partial charge in [0.05, 0.1) is 17.2 Å². The third-order valence-corrected chi connectivity index (χ3v) is 4.79. The third kappa shape index (κ3) is 4.59. The summed E-state index contributed by atoms with van der Waals surface area (Å²) in [4.78, 5) is 12.0. The lowest BCUT2D eigenvalue weighted by Crippen LogP contribution is -2.27. The second-order valence-electron chi connectivity index (χ2n) is 5.09. The minimum atomic E-state index is -3.76. The van der Waals surface area contributed by atoms with Crippen LogP contribution in [0.3, 0.4) is 0 Å². The molecule has 0 bridgehead atoms. The molecule has 1 amide bonds. The number of ether oxygens (including phenoxy) is 1. The zero-order valence-electron chi connectivity index (χ0n) is 13.6. The molecule has 0 aliphatic heterocycles. The molecule has 10 heteroatoms. The molecule has 6 nitrogen and oxygen atoms in total. The van der Waals surface area contributed by atoms with E-state index in [-0.39, 0.29) is 23.6 Å². The zero-order chi connectivity index (χ0) is 19.3. The van der Waals surface area contributed by atoms with Gasteiger partial charge in [0.1, 0.15) is 0 Å². The first-order chi connectivity index (χ1) is 12.3. The molecule has 2 aromatic rings. The Labute approximate surface area is 148 Å². The molecule has 0 atom stereocenters. The normalized spacial score (nSPS) is 11.4. The van der Waals surface area contributed by atoms with Crippen LogP contribution in [-0.2, 0) is 14.8 Å². The van der Waals surface area contributed by atoms with Crippen LogP contribution >= 0.6 is 0 Å². The number of nitrogens with one attached hydrogen (secondary N) is 2. The van der Waals surface area contributed by atoms with Crippen molar-refractivity contribution in [1.29, 1.82) is 0 Å². The molecule has 140 valence electrons. The highest BCUT2D eigenvalue weighted by Crippen LogP contribution is 2.20. The fourth-order valence-electron chi connectivity index (χ4n) is 1.96. The van der Waals surface area contributed by atoms with Crippen LogP contribution in [0.25, 0.3) is 0 Å². The highest BCUT2D eigenvalue weighted by atomic mass is 32.2. The maximum atomic E-state index is 13.6. The van der Waals surface area contributed by atoms with Gasteiger partial charge in [0.2, 0.25) is 10.0 Å². The van der Waals surface area contributed by atoms with Gasteiger partial charge in [-0.1, -0.05) is 0 Å². The van der Waals surface area contributed by atoms with Gasteiger partial charge in [-0.3, -0.25) is 4.79 Å². The van der Waals surface area contributed by atoms with E-state index < -0.39 is 39.1 Å². The first kappa shape index (κ1) is 19.9. The lowest BCUT2D eigenvalue weighted by atomic mass is 10.2. The van der Waals surface area contributed by atoms with Crippen LogP contribution in [0, 0.1) is 17.5 Å². The number of carbonyl (C=O) groups is 1. The standard InChI is InChI=1S/C16H15F3N2O4S/c1-25-9-8-20-26(23,24)11-4-2-10(3-5-11)16(22)21-13-7-6-12(17)14(18)15(13)19/h2-7,20H,8-9H2,1H3,(H,21,22). The van der Waals surface area contributed by atoms with E-state index in [0.717, 1.165) is 6.07 Å². The molecule has 2 aromatic carbocycles. The van der Waals surface area contributed by atoms with Crippen molar-refractivity contribution in [3.8, 4) is 0 Å². The average molecular weight is 388 g/mol. The van der Waals surface area contributed by atoms with Crippen LogP contribution in [0.2, 0.25) is 0 Å². The fraction of sp³-hybridized carbons (Fsp3) is 0.188. The SMILES string of the molecule is COCCNS(=O)(=O)c1ccc(C(=O)Nc2ccc(F)c(F)c2F)cc1. The highest BCUT2D eigenvalue weighted by Gasteiger charge is 2.17. The van der Waals surface area contributed by atoms with E-state index in [1.165, 1.54) is 31.4 Å². The van der Waals surface area contributed by atoms with Crippen molar-refractivity contribution in [2.24, 2.45) is 0 Å². The molecule has 0 aliphatic carbocycles. The minimum absolute atomic E-state index is 0.00461. The van der Waals surface area contributed by atoms with E-state index in [0.29, 0.717) is 6.07 Å². The van der Waals surface area contributed by atoms with E-state index in [9.17, 15) is 26.4 Å². The Bertz CT molecular complexity index is 902. The minimum Gasteiger partial charge on any atom is -0.383 e. The maximum Gasteiger partial charge on any atom is 0.255 e. The monoisotopic (exact) mass is 388 g/mol. The van der Waals surface area contributed by atoms with Gasteiger partial charge >= 0.3 is 0 Å². The zero-order valence-corrected chi connectivity index (χ0v) is 14.4. The Morgan fingerprint density at radius 3 is 2.31 bits per heavy atom. The quantitative estimate of drug-likeness (QED) is 0.563. The number of methoxy groups -OCH3 is 1. The molecular formula is C16H15F3N2O4S. The Hall–Kier alpha value is -2.43. The van der Waals surface area contributed by atoms with Crippen LogP contribution in [0.1, 0.15) is 10.4 Å². The van der Waals surface area contributed by atoms with Crippen LogP contribution in [0.4, 0.5) is 18.9 Å². The molecule has 0 heterocycles. The van der Waals surface area contributed by atoms with Crippen molar-refractivity contribution in [2.75, 3.05) is 25.6 Å². The molecular weight excluding hydrogens is 373 g/mol. The first-order valence-electron chi connectivity index (χ1n) is 7.30. The number of rotatable bonds is 7. The van der Waals surface area contributed by atoms with Gasteiger partial charge < -0.3 is 10.1 Å². The second kappa shape index (κ2) is 8.30. The predicted octanol–water partition coefficient (Wildman–Crippen LogP) is 2.28. The molecule has 2 N–H and O–H groups in total. The molecule has 0 unspecified atom stereocenters. The summed E-state index contributed by atoms with van der Waals surface area (Å²) in [5.41, 5.74) is -0.531. The van der Waals surface area contributed by atoms with E-state index in [1.807, 2.05) is 0 Å². The van der Waals surface area contributed by atoms with Gasteiger partial charge in [0.25, 0.3) is 5.91 Å². The van der Waals surface area contributed by atoms with Gasteiger partial charge in [0.15, 0.2) is 17.5 Å². The van der Waals surface area contributed by atoms with Crippen molar-refractivity contribution in [1.82, 2.24) is 4.72 Å². The van der Waals surface area contributed by atoms with Crippen LogP contribution < -0.4 is 10.0 Å². The van der Waals surface area contributed by atoms with E-state index >= 15 is 0 Å². The molecule has 0 aromatic heterocycles. The van der Waals surface area contributed by atoms with Crippen molar-refractivity contribution in [2.45, 2.75) is 4.90 Å². The molecule has 26 heavy (non-hydrogen) atoms.